The maximum Gasteiger partial charge on any atom is 0.264 e. The van der Waals surface area contributed by atoms with Gasteiger partial charge >= 0.3 is 0 Å². The highest BCUT2D eigenvalue weighted by atomic mass is 32.2. The number of para-hydroxylation sites is 1. The molecular formula is C18H23NO3S. The average molecular weight is 333 g/mol. The van der Waals surface area contributed by atoms with Crippen LogP contribution in [0.4, 0.5) is 5.69 Å². The minimum Gasteiger partial charge on any atom is -0.385 e. The van der Waals surface area contributed by atoms with Crippen LogP contribution in [0, 0.1) is 6.92 Å². The van der Waals surface area contributed by atoms with Gasteiger partial charge in [-0.15, -0.1) is 0 Å². The van der Waals surface area contributed by atoms with Gasteiger partial charge in [-0.05, 0) is 44.0 Å². The van der Waals surface area contributed by atoms with Crippen molar-refractivity contribution < 1.29 is 13.2 Å². The maximum atomic E-state index is 13.2. The lowest BCUT2D eigenvalue weighted by Gasteiger charge is -2.31. The average Bonchev–Trinajstić information content (AvgIpc) is 2.54. The lowest BCUT2D eigenvalue weighted by atomic mass is 10.2. The summed E-state index contributed by atoms with van der Waals surface area (Å²) >= 11 is 0. The van der Waals surface area contributed by atoms with Gasteiger partial charge in [0, 0.05) is 19.8 Å². The van der Waals surface area contributed by atoms with Gasteiger partial charge in [0.15, 0.2) is 0 Å². The number of sulfonamides is 1. The molecule has 0 bridgehead atoms. The minimum atomic E-state index is -3.64. The fourth-order valence-corrected chi connectivity index (χ4v) is 4.48. The molecule has 0 heterocycles. The van der Waals surface area contributed by atoms with Gasteiger partial charge in [-0.1, -0.05) is 36.4 Å². The molecule has 0 aliphatic heterocycles. The van der Waals surface area contributed by atoms with E-state index in [9.17, 15) is 8.42 Å². The fourth-order valence-electron chi connectivity index (χ4n) is 2.56. The van der Waals surface area contributed by atoms with Crippen LogP contribution in [-0.4, -0.2) is 28.2 Å². The molecule has 0 saturated heterocycles. The molecule has 0 aromatic heterocycles. The standard InChI is InChI=1S/C18H23NO3S/c1-15-9-7-8-12-18(15)23(20,21)19(16(2)13-14-22-3)17-10-5-4-6-11-17/h4-12,16H,13-14H2,1-3H3. The molecule has 0 spiro atoms. The predicted molar refractivity (Wildman–Crippen MR) is 93.2 cm³/mol. The number of ether oxygens (including phenoxy) is 1. The topological polar surface area (TPSA) is 46.6 Å². The Bertz CT molecular complexity index is 729. The normalized spacial score (nSPS) is 12.8. The van der Waals surface area contributed by atoms with Gasteiger partial charge in [-0.25, -0.2) is 8.42 Å². The minimum absolute atomic E-state index is 0.207. The highest BCUT2D eigenvalue weighted by Gasteiger charge is 2.30. The highest BCUT2D eigenvalue weighted by molar-refractivity contribution is 7.93. The van der Waals surface area contributed by atoms with Crippen LogP contribution < -0.4 is 4.31 Å². The van der Waals surface area contributed by atoms with E-state index in [1.54, 1.807) is 19.2 Å². The molecule has 1 unspecified atom stereocenters. The molecule has 4 nitrogen and oxygen atoms in total. The van der Waals surface area contributed by atoms with Crippen LogP contribution in [0.2, 0.25) is 0 Å². The summed E-state index contributed by atoms with van der Waals surface area (Å²) in [6, 6.07) is 16.1. The van der Waals surface area contributed by atoms with Crippen molar-refractivity contribution in [3.63, 3.8) is 0 Å². The van der Waals surface area contributed by atoms with Crippen molar-refractivity contribution in [2.24, 2.45) is 0 Å². The molecular weight excluding hydrogens is 310 g/mol. The zero-order valence-electron chi connectivity index (χ0n) is 13.8. The number of nitrogens with zero attached hydrogens (tertiary/aromatic N) is 1. The Balaban J connectivity index is 2.51. The van der Waals surface area contributed by atoms with Crippen molar-refractivity contribution in [1.82, 2.24) is 0 Å². The van der Waals surface area contributed by atoms with E-state index in [1.807, 2.05) is 56.3 Å². The SMILES string of the molecule is COCCC(C)N(c1ccccc1)S(=O)(=O)c1ccccc1C. The summed E-state index contributed by atoms with van der Waals surface area (Å²) in [7, 11) is -2.02. The second-order valence-electron chi connectivity index (χ2n) is 5.53. The molecule has 1 atom stereocenters. The van der Waals surface area contributed by atoms with Gasteiger partial charge in [-0.3, -0.25) is 4.31 Å². The number of rotatable bonds is 7. The Morgan fingerprint density at radius 1 is 1.04 bits per heavy atom. The third-order valence-electron chi connectivity index (χ3n) is 3.78. The molecule has 0 fully saturated rings. The third kappa shape index (κ3) is 3.92. The quantitative estimate of drug-likeness (QED) is 0.777. The van der Waals surface area contributed by atoms with E-state index in [0.717, 1.165) is 5.56 Å². The molecule has 0 saturated carbocycles. The molecule has 0 aliphatic rings. The molecule has 124 valence electrons. The van der Waals surface area contributed by atoms with E-state index in [4.69, 9.17) is 4.74 Å². The largest absolute Gasteiger partial charge is 0.385 e. The number of anilines is 1. The first kappa shape index (κ1) is 17.5. The van der Waals surface area contributed by atoms with Gasteiger partial charge < -0.3 is 4.74 Å². The second kappa shape index (κ2) is 7.62. The number of methoxy groups -OCH3 is 1. The van der Waals surface area contributed by atoms with Crippen molar-refractivity contribution in [3.8, 4) is 0 Å². The fraction of sp³-hybridized carbons (Fsp3) is 0.333. The van der Waals surface area contributed by atoms with Crippen LogP contribution >= 0.6 is 0 Å². The maximum absolute atomic E-state index is 13.2. The summed E-state index contributed by atoms with van der Waals surface area (Å²) in [5.74, 6) is 0. The van der Waals surface area contributed by atoms with Crippen molar-refractivity contribution >= 4 is 15.7 Å². The molecule has 23 heavy (non-hydrogen) atoms. The number of hydrogen-bond donors (Lipinski definition) is 0. The van der Waals surface area contributed by atoms with Gasteiger partial charge in [0.25, 0.3) is 10.0 Å². The molecule has 2 rings (SSSR count). The molecule has 0 aliphatic carbocycles. The zero-order chi connectivity index (χ0) is 16.9. The van der Waals surface area contributed by atoms with E-state index in [2.05, 4.69) is 0 Å². The number of aryl methyl sites for hydroxylation is 1. The Labute approximate surface area is 138 Å². The summed E-state index contributed by atoms with van der Waals surface area (Å²) in [5, 5.41) is 0. The van der Waals surface area contributed by atoms with Gasteiger partial charge in [0.1, 0.15) is 0 Å². The number of hydrogen-bond acceptors (Lipinski definition) is 3. The zero-order valence-corrected chi connectivity index (χ0v) is 14.6. The van der Waals surface area contributed by atoms with E-state index >= 15 is 0 Å². The summed E-state index contributed by atoms with van der Waals surface area (Å²) in [6.07, 6.45) is 0.622. The highest BCUT2D eigenvalue weighted by Crippen LogP contribution is 2.28. The van der Waals surface area contributed by atoms with Crippen LogP contribution in [-0.2, 0) is 14.8 Å². The molecule has 2 aromatic rings. The van der Waals surface area contributed by atoms with Crippen molar-refractivity contribution in [3.05, 3.63) is 60.2 Å². The summed E-state index contributed by atoms with van der Waals surface area (Å²) in [6.45, 7) is 4.23. The predicted octanol–water partition coefficient (Wildman–Crippen LogP) is 3.62. The van der Waals surface area contributed by atoms with Crippen LogP contribution in [0.25, 0.3) is 0 Å². The van der Waals surface area contributed by atoms with E-state index in [0.29, 0.717) is 23.6 Å². The molecule has 0 N–H and O–H groups in total. The van der Waals surface area contributed by atoms with E-state index in [1.165, 1.54) is 4.31 Å². The van der Waals surface area contributed by atoms with Crippen LogP contribution in [0.3, 0.4) is 0 Å². The second-order valence-corrected chi connectivity index (χ2v) is 7.32. The first-order valence-electron chi connectivity index (χ1n) is 7.62. The Hall–Kier alpha value is -1.85. The van der Waals surface area contributed by atoms with Gasteiger partial charge in [-0.2, -0.15) is 0 Å². The Morgan fingerprint density at radius 3 is 2.26 bits per heavy atom. The molecule has 5 heteroatoms. The van der Waals surface area contributed by atoms with Crippen molar-refractivity contribution in [1.29, 1.82) is 0 Å². The summed E-state index contributed by atoms with van der Waals surface area (Å²) < 4.78 is 33.1. The summed E-state index contributed by atoms with van der Waals surface area (Å²) in [5.41, 5.74) is 1.41. The van der Waals surface area contributed by atoms with Gasteiger partial charge in [0.2, 0.25) is 0 Å². The van der Waals surface area contributed by atoms with Crippen molar-refractivity contribution in [2.75, 3.05) is 18.0 Å². The molecule has 0 radical (unpaired) electrons. The smallest absolute Gasteiger partial charge is 0.264 e. The van der Waals surface area contributed by atoms with Crippen LogP contribution in [0.5, 0.6) is 0 Å². The van der Waals surface area contributed by atoms with E-state index < -0.39 is 10.0 Å². The first-order valence-corrected chi connectivity index (χ1v) is 9.06. The third-order valence-corrected chi connectivity index (χ3v) is 5.88. The summed E-state index contributed by atoms with van der Waals surface area (Å²) in [4.78, 5) is 0.341. The first-order chi connectivity index (χ1) is 11.0. The monoisotopic (exact) mass is 333 g/mol. The van der Waals surface area contributed by atoms with E-state index in [-0.39, 0.29) is 6.04 Å². The molecule has 2 aromatic carbocycles. The lowest BCUT2D eigenvalue weighted by molar-refractivity contribution is 0.190. The number of benzene rings is 2. The Morgan fingerprint density at radius 2 is 1.65 bits per heavy atom. The van der Waals surface area contributed by atoms with Crippen molar-refractivity contribution in [2.45, 2.75) is 31.2 Å². The molecule has 0 amide bonds. The van der Waals surface area contributed by atoms with Crippen LogP contribution in [0.15, 0.2) is 59.5 Å². The Kier molecular flexibility index (Phi) is 5.80. The lowest BCUT2D eigenvalue weighted by Crippen LogP contribution is -2.39. The van der Waals surface area contributed by atoms with Crippen LogP contribution in [0.1, 0.15) is 18.9 Å². The van der Waals surface area contributed by atoms with Gasteiger partial charge in [0.05, 0.1) is 10.6 Å².